The van der Waals surface area contributed by atoms with Crippen LogP contribution in [0.2, 0.25) is 0 Å². The molecule has 1 saturated heterocycles. The first-order chi connectivity index (χ1) is 9.34. The highest BCUT2D eigenvalue weighted by molar-refractivity contribution is 5.79. The highest BCUT2D eigenvalue weighted by Crippen LogP contribution is 2.30. The van der Waals surface area contributed by atoms with E-state index in [9.17, 15) is 4.79 Å². The molecule has 0 radical (unpaired) electrons. The predicted molar refractivity (Wildman–Crippen MR) is 74.5 cm³/mol. The molecule has 3 heteroatoms. The summed E-state index contributed by atoms with van der Waals surface area (Å²) in [5.41, 5.74) is 2.31. The Labute approximate surface area is 112 Å². The van der Waals surface area contributed by atoms with E-state index in [0.717, 1.165) is 5.56 Å². The molecule has 1 aliphatic rings. The summed E-state index contributed by atoms with van der Waals surface area (Å²) < 4.78 is 0. The van der Waals surface area contributed by atoms with Crippen LogP contribution in [0, 0.1) is 0 Å². The number of hydrogen-bond acceptors (Lipinski definition) is 2. The molecule has 3 nitrogen and oxygen atoms in total. The molecule has 2 N–H and O–H groups in total. The third-order valence-corrected chi connectivity index (χ3v) is 3.45. The molecular weight excluding hydrogens is 236 g/mol. The van der Waals surface area contributed by atoms with Crippen LogP contribution in [0.5, 0.6) is 0 Å². The molecule has 1 fully saturated rings. The third kappa shape index (κ3) is 2.51. The van der Waals surface area contributed by atoms with Gasteiger partial charge in [0.2, 0.25) is 5.91 Å². The van der Waals surface area contributed by atoms with Gasteiger partial charge in [-0.1, -0.05) is 60.7 Å². The zero-order valence-corrected chi connectivity index (χ0v) is 10.5. The molecule has 0 bridgehead atoms. The number of carbonyl (C=O) groups excluding carboxylic acids is 1. The summed E-state index contributed by atoms with van der Waals surface area (Å²) in [4.78, 5) is 11.7. The van der Waals surface area contributed by atoms with Crippen LogP contribution in [0.1, 0.15) is 23.2 Å². The summed E-state index contributed by atoms with van der Waals surface area (Å²) in [6.45, 7) is 0.364. The predicted octanol–water partition coefficient (Wildman–Crippen LogP) is 2.19. The van der Waals surface area contributed by atoms with E-state index < -0.39 is 0 Å². The quantitative estimate of drug-likeness (QED) is 0.860. The highest BCUT2D eigenvalue weighted by Gasteiger charge is 2.30. The number of piperazine rings is 1. The molecule has 0 saturated carbocycles. The van der Waals surface area contributed by atoms with E-state index in [2.05, 4.69) is 22.8 Å². The standard InChI is InChI=1S/C16H16N2O/c19-14-11-17-15(12-7-3-1-4-8-12)16(18-14)13-9-5-2-6-10-13/h1-10,15-17H,11H2,(H,18,19)/t15-,16+/m1/s1. The van der Waals surface area contributed by atoms with Gasteiger partial charge in [0.1, 0.15) is 0 Å². The zero-order chi connectivity index (χ0) is 13.1. The van der Waals surface area contributed by atoms with Crippen LogP contribution >= 0.6 is 0 Å². The first-order valence-corrected chi connectivity index (χ1v) is 6.47. The van der Waals surface area contributed by atoms with Crippen molar-refractivity contribution in [3.8, 4) is 0 Å². The number of benzene rings is 2. The van der Waals surface area contributed by atoms with Gasteiger partial charge in [-0.2, -0.15) is 0 Å². The minimum absolute atomic E-state index is 0.0233. The summed E-state index contributed by atoms with van der Waals surface area (Å²) in [5.74, 6) is 0.0426. The number of hydrogen-bond donors (Lipinski definition) is 2. The second-order valence-corrected chi connectivity index (χ2v) is 4.73. The van der Waals surface area contributed by atoms with Gasteiger partial charge < -0.3 is 5.32 Å². The lowest BCUT2D eigenvalue weighted by Gasteiger charge is -2.34. The van der Waals surface area contributed by atoms with Crippen molar-refractivity contribution in [2.24, 2.45) is 0 Å². The molecule has 96 valence electrons. The average molecular weight is 252 g/mol. The van der Waals surface area contributed by atoms with Gasteiger partial charge in [-0.3, -0.25) is 10.1 Å². The third-order valence-electron chi connectivity index (χ3n) is 3.45. The minimum atomic E-state index is -0.0233. The second kappa shape index (κ2) is 5.24. The number of nitrogens with one attached hydrogen (secondary N) is 2. The molecule has 2 aromatic carbocycles. The van der Waals surface area contributed by atoms with Gasteiger partial charge in [-0.05, 0) is 11.1 Å². The largest absolute Gasteiger partial charge is 0.346 e. The first-order valence-electron chi connectivity index (χ1n) is 6.47. The molecule has 1 aliphatic heterocycles. The van der Waals surface area contributed by atoms with Gasteiger partial charge in [0.25, 0.3) is 0 Å². The lowest BCUT2D eigenvalue weighted by molar-refractivity contribution is -0.123. The summed E-state index contributed by atoms with van der Waals surface area (Å²) in [6.07, 6.45) is 0. The Hall–Kier alpha value is -2.13. The summed E-state index contributed by atoms with van der Waals surface area (Å²) in [5, 5.41) is 6.40. The van der Waals surface area contributed by atoms with Crippen molar-refractivity contribution < 1.29 is 4.79 Å². The molecule has 0 unspecified atom stereocenters. The van der Waals surface area contributed by atoms with Gasteiger partial charge in [-0.25, -0.2) is 0 Å². The molecule has 1 heterocycles. The van der Waals surface area contributed by atoms with E-state index in [1.54, 1.807) is 0 Å². The van der Waals surface area contributed by atoms with E-state index in [0.29, 0.717) is 6.54 Å². The number of rotatable bonds is 2. The molecule has 1 amide bonds. The monoisotopic (exact) mass is 252 g/mol. The van der Waals surface area contributed by atoms with Crippen molar-refractivity contribution in [1.82, 2.24) is 10.6 Å². The number of carbonyl (C=O) groups is 1. The summed E-state index contributed by atoms with van der Waals surface area (Å²) in [7, 11) is 0. The minimum Gasteiger partial charge on any atom is -0.346 e. The first kappa shape index (κ1) is 11.9. The Morgan fingerprint density at radius 2 is 1.32 bits per heavy atom. The van der Waals surface area contributed by atoms with Gasteiger partial charge in [-0.15, -0.1) is 0 Å². The Morgan fingerprint density at radius 3 is 1.89 bits per heavy atom. The van der Waals surface area contributed by atoms with E-state index in [-0.39, 0.29) is 18.0 Å². The van der Waals surface area contributed by atoms with Gasteiger partial charge in [0, 0.05) is 0 Å². The maximum atomic E-state index is 11.7. The highest BCUT2D eigenvalue weighted by atomic mass is 16.2. The van der Waals surface area contributed by atoms with Gasteiger partial charge in [0.15, 0.2) is 0 Å². The van der Waals surface area contributed by atoms with Crippen LogP contribution in [0.4, 0.5) is 0 Å². The van der Waals surface area contributed by atoms with Crippen molar-refractivity contribution >= 4 is 5.91 Å². The lowest BCUT2D eigenvalue weighted by Crippen LogP contribution is -2.49. The summed E-state index contributed by atoms with van der Waals surface area (Å²) >= 11 is 0. The summed E-state index contributed by atoms with van der Waals surface area (Å²) in [6, 6.07) is 20.4. The average Bonchev–Trinajstić information content (AvgIpc) is 2.49. The van der Waals surface area contributed by atoms with Crippen molar-refractivity contribution in [2.45, 2.75) is 12.1 Å². The Bertz CT molecular complexity index is 553. The van der Waals surface area contributed by atoms with Gasteiger partial charge in [0.05, 0.1) is 18.6 Å². The smallest absolute Gasteiger partial charge is 0.234 e. The van der Waals surface area contributed by atoms with Crippen LogP contribution in [0.3, 0.4) is 0 Å². The topological polar surface area (TPSA) is 41.1 Å². The molecule has 0 aliphatic carbocycles. The number of amides is 1. The van der Waals surface area contributed by atoms with E-state index >= 15 is 0 Å². The van der Waals surface area contributed by atoms with Gasteiger partial charge >= 0.3 is 0 Å². The lowest BCUT2D eigenvalue weighted by atomic mass is 9.92. The van der Waals surface area contributed by atoms with Crippen LogP contribution in [-0.4, -0.2) is 12.5 Å². The Balaban J connectivity index is 1.95. The van der Waals surface area contributed by atoms with Crippen LogP contribution in [0.15, 0.2) is 60.7 Å². The Kier molecular flexibility index (Phi) is 3.29. The zero-order valence-electron chi connectivity index (χ0n) is 10.5. The van der Waals surface area contributed by atoms with Crippen molar-refractivity contribution in [2.75, 3.05) is 6.54 Å². The van der Waals surface area contributed by atoms with Crippen LogP contribution < -0.4 is 10.6 Å². The van der Waals surface area contributed by atoms with Crippen molar-refractivity contribution in [3.63, 3.8) is 0 Å². The fourth-order valence-electron chi connectivity index (χ4n) is 2.54. The maximum absolute atomic E-state index is 11.7. The van der Waals surface area contributed by atoms with E-state index in [1.165, 1.54) is 5.56 Å². The molecule has 2 aromatic rings. The fourth-order valence-corrected chi connectivity index (χ4v) is 2.54. The molecule has 3 rings (SSSR count). The molecule has 0 spiro atoms. The molecule has 19 heavy (non-hydrogen) atoms. The van der Waals surface area contributed by atoms with Crippen LogP contribution in [-0.2, 0) is 4.79 Å². The van der Waals surface area contributed by atoms with Crippen molar-refractivity contribution in [1.29, 1.82) is 0 Å². The SMILES string of the molecule is O=C1CN[C@H](c2ccccc2)[C@H](c2ccccc2)N1. The van der Waals surface area contributed by atoms with E-state index in [4.69, 9.17) is 0 Å². The normalized spacial score (nSPS) is 22.8. The molecule has 2 atom stereocenters. The van der Waals surface area contributed by atoms with Crippen molar-refractivity contribution in [3.05, 3.63) is 71.8 Å². The maximum Gasteiger partial charge on any atom is 0.234 e. The Morgan fingerprint density at radius 1 is 0.789 bits per heavy atom. The molecular formula is C16H16N2O. The van der Waals surface area contributed by atoms with E-state index in [1.807, 2.05) is 48.5 Å². The molecule has 0 aromatic heterocycles. The fraction of sp³-hybridized carbons (Fsp3) is 0.188. The van der Waals surface area contributed by atoms with Crippen LogP contribution in [0.25, 0.3) is 0 Å². The second-order valence-electron chi connectivity index (χ2n) is 4.73.